The number of aromatic nitrogens is 1. The molecular weight excluding hydrogens is 461 g/mol. The SMILES string of the molecule is Clc1ccc(-[n+]2c(-c3ccccc3)cc(-c3ccccc3)c3c2CCCC3)cc1.F[B-](F)(F)F. The number of fused-ring (bicyclic) bond motifs is 1. The lowest BCUT2D eigenvalue weighted by Crippen LogP contribution is -2.41. The summed E-state index contributed by atoms with van der Waals surface area (Å²) in [5, 5.41) is 0.769. The van der Waals surface area contributed by atoms with Crippen LogP contribution in [0.3, 0.4) is 0 Å². The van der Waals surface area contributed by atoms with Gasteiger partial charge in [-0.3, -0.25) is 0 Å². The Labute approximate surface area is 201 Å². The molecule has 0 fully saturated rings. The van der Waals surface area contributed by atoms with Crippen molar-refractivity contribution >= 4 is 18.9 Å². The first kappa shape index (κ1) is 24.0. The lowest BCUT2D eigenvalue weighted by atomic mass is 9.87. The summed E-state index contributed by atoms with van der Waals surface area (Å²) in [6, 6.07) is 32.1. The van der Waals surface area contributed by atoms with E-state index in [0.29, 0.717) is 0 Å². The van der Waals surface area contributed by atoms with E-state index in [-0.39, 0.29) is 0 Å². The van der Waals surface area contributed by atoms with Gasteiger partial charge in [0.15, 0.2) is 5.69 Å². The van der Waals surface area contributed by atoms with Gasteiger partial charge in [-0.1, -0.05) is 60.1 Å². The fourth-order valence-electron chi connectivity index (χ4n) is 4.44. The van der Waals surface area contributed by atoms with Crippen LogP contribution in [-0.2, 0) is 12.8 Å². The lowest BCUT2D eigenvalue weighted by molar-refractivity contribution is -0.593. The van der Waals surface area contributed by atoms with Gasteiger partial charge in [0.05, 0.1) is 0 Å². The van der Waals surface area contributed by atoms with E-state index >= 15 is 0 Å². The Bertz CT molecular complexity index is 1240. The van der Waals surface area contributed by atoms with Crippen molar-refractivity contribution in [3.05, 3.63) is 107 Å². The molecule has 0 saturated heterocycles. The van der Waals surface area contributed by atoms with Gasteiger partial charge in [0.25, 0.3) is 0 Å². The summed E-state index contributed by atoms with van der Waals surface area (Å²) in [5.41, 5.74) is 9.21. The van der Waals surface area contributed by atoms with Crippen LogP contribution in [0.2, 0.25) is 5.02 Å². The van der Waals surface area contributed by atoms with E-state index in [1.165, 1.54) is 52.2 Å². The molecule has 3 aromatic carbocycles. The molecule has 34 heavy (non-hydrogen) atoms. The molecule has 0 aliphatic heterocycles. The molecule has 0 N–H and O–H groups in total. The molecule has 0 atom stereocenters. The molecular formula is C27H23BClF4N. The van der Waals surface area contributed by atoms with Crippen LogP contribution in [0.4, 0.5) is 17.3 Å². The first-order chi connectivity index (χ1) is 16.3. The zero-order valence-electron chi connectivity index (χ0n) is 18.4. The number of hydrogen-bond donors (Lipinski definition) is 0. The van der Waals surface area contributed by atoms with Gasteiger partial charge in [0, 0.05) is 40.8 Å². The minimum atomic E-state index is -6.00. The zero-order valence-corrected chi connectivity index (χ0v) is 19.2. The van der Waals surface area contributed by atoms with Crippen molar-refractivity contribution in [2.45, 2.75) is 25.7 Å². The van der Waals surface area contributed by atoms with E-state index in [0.717, 1.165) is 17.9 Å². The largest absolute Gasteiger partial charge is 0.673 e. The summed E-state index contributed by atoms with van der Waals surface area (Å²) in [7, 11) is -6.00. The monoisotopic (exact) mass is 483 g/mol. The summed E-state index contributed by atoms with van der Waals surface area (Å²) in [5.74, 6) is 0. The van der Waals surface area contributed by atoms with Crippen molar-refractivity contribution < 1.29 is 21.8 Å². The van der Waals surface area contributed by atoms with E-state index in [1.54, 1.807) is 0 Å². The molecule has 0 amide bonds. The van der Waals surface area contributed by atoms with E-state index < -0.39 is 7.25 Å². The Balaban J connectivity index is 0.000000499. The number of nitrogens with zero attached hydrogens (tertiary/aromatic N) is 1. The van der Waals surface area contributed by atoms with Crippen LogP contribution < -0.4 is 4.57 Å². The average Bonchev–Trinajstić information content (AvgIpc) is 2.84. The third-order valence-corrected chi connectivity index (χ3v) is 6.05. The molecule has 0 saturated carbocycles. The predicted molar refractivity (Wildman–Crippen MR) is 131 cm³/mol. The molecule has 0 spiro atoms. The Hall–Kier alpha value is -3.12. The Morgan fingerprint density at radius 1 is 0.676 bits per heavy atom. The first-order valence-electron chi connectivity index (χ1n) is 11.2. The predicted octanol–water partition coefficient (Wildman–Crippen LogP) is 8.13. The summed E-state index contributed by atoms with van der Waals surface area (Å²) in [4.78, 5) is 0. The fraction of sp³-hybridized carbons (Fsp3) is 0.148. The van der Waals surface area contributed by atoms with E-state index in [4.69, 9.17) is 11.6 Å². The summed E-state index contributed by atoms with van der Waals surface area (Å²) < 4.78 is 41.5. The standard InChI is InChI=1S/C27H23ClN.BF4/c28-22-15-17-23(18-16-22)29-26-14-8-7-13-24(26)25(20-9-3-1-4-10-20)19-27(29)21-11-5-2-6-12-21;2-1(3,4)5/h1-6,9-12,15-19H,7-8,13-14H2;/q+1;-1. The molecule has 0 unspecified atom stereocenters. The smallest absolute Gasteiger partial charge is 0.418 e. The van der Waals surface area contributed by atoms with Crippen molar-refractivity contribution in [3.8, 4) is 28.1 Å². The minimum absolute atomic E-state index is 0.769. The second-order valence-corrected chi connectivity index (χ2v) is 8.55. The maximum absolute atomic E-state index is 9.75. The van der Waals surface area contributed by atoms with Crippen LogP contribution in [0, 0.1) is 0 Å². The highest BCUT2D eigenvalue weighted by Crippen LogP contribution is 2.34. The maximum Gasteiger partial charge on any atom is 0.673 e. The number of benzene rings is 3. The molecule has 0 radical (unpaired) electrons. The van der Waals surface area contributed by atoms with Crippen LogP contribution in [0.1, 0.15) is 24.1 Å². The average molecular weight is 484 g/mol. The van der Waals surface area contributed by atoms with Gasteiger partial charge in [0.2, 0.25) is 11.4 Å². The van der Waals surface area contributed by atoms with Gasteiger partial charge < -0.3 is 17.3 Å². The normalized spacial score (nSPS) is 13.0. The van der Waals surface area contributed by atoms with Crippen molar-refractivity contribution in [1.82, 2.24) is 0 Å². The highest BCUT2D eigenvalue weighted by molar-refractivity contribution is 6.50. The lowest BCUT2D eigenvalue weighted by Gasteiger charge is -2.20. The van der Waals surface area contributed by atoms with Crippen molar-refractivity contribution in [3.63, 3.8) is 0 Å². The van der Waals surface area contributed by atoms with Crippen molar-refractivity contribution in [2.75, 3.05) is 0 Å². The van der Waals surface area contributed by atoms with Gasteiger partial charge in [-0.15, -0.1) is 0 Å². The molecule has 1 aliphatic rings. The molecule has 7 heteroatoms. The van der Waals surface area contributed by atoms with Gasteiger partial charge in [-0.05, 0) is 54.7 Å². The highest BCUT2D eigenvalue weighted by Gasteiger charge is 2.30. The van der Waals surface area contributed by atoms with Gasteiger partial charge in [0.1, 0.15) is 0 Å². The number of hydrogen-bond acceptors (Lipinski definition) is 0. The molecule has 1 nitrogen and oxygen atoms in total. The Morgan fingerprint density at radius 3 is 1.79 bits per heavy atom. The summed E-state index contributed by atoms with van der Waals surface area (Å²) >= 11 is 6.20. The molecule has 5 rings (SSSR count). The Morgan fingerprint density at radius 2 is 1.21 bits per heavy atom. The van der Waals surface area contributed by atoms with Gasteiger partial charge in [-0.25, -0.2) is 0 Å². The fourth-order valence-corrected chi connectivity index (χ4v) is 4.57. The van der Waals surface area contributed by atoms with Crippen molar-refractivity contribution in [2.24, 2.45) is 0 Å². The van der Waals surface area contributed by atoms with E-state index in [9.17, 15) is 17.3 Å². The third kappa shape index (κ3) is 5.86. The quantitative estimate of drug-likeness (QED) is 0.157. The van der Waals surface area contributed by atoms with E-state index in [2.05, 4.69) is 83.4 Å². The second kappa shape index (κ2) is 10.4. The van der Waals surface area contributed by atoms with Crippen LogP contribution in [0.5, 0.6) is 0 Å². The second-order valence-electron chi connectivity index (χ2n) is 8.11. The highest BCUT2D eigenvalue weighted by atomic mass is 35.5. The maximum atomic E-state index is 9.75. The van der Waals surface area contributed by atoms with Crippen molar-refractivity contribution in [1.29, 1.82) is 0 Å². The van der Waals surface area contributed by atoms with Crippen LogP contribution in [-0.4, -0.2) is 7.25 Å². The molecule has 174 valence electrons. The molecule has 4 aromatic rings. The van der Waals surface area contributed by atoms with Crippen LogP contribution in [0.25, 0.3) is 28.1 Å². The topological polar surface area (TPSA) is 3.88 Å². The first-order valence-corrected chi connectivity index (χ1v) is 11.5. The summed E-state index contributed by atoms with van der Waals surface area (Å²) in [6.45, 7) is 0. The van der Waals surface area contributed by atoms with E-state index in [1.807, 2.05) is 12.1 Å². The molecule has 1 aliphatic carbocycles. The summed E-state index contributed by atoms with van der Waals surface area (Å²) in [6.07, 6.45) is 4.70. The third-order valence-electron chi connectivity index (χ3n) is 5.79. The molecule has 1 aromatic heterocycles. The van der Waals surface area contributed by atoms with Crippen LogP contribution in [0.15, 0.2) is 91.0 Å². The van der Waals surface area contributed by atoms with Crippen LogP contribution >= 0.6 is 11.6 Å². The molecule has 1 heterocycles. The molecule has 0 bridgehead atoms. The Kier molecular flexibility index (Phi) is 7.37. The van der Waals surface area contributed by atoms with Gasteiger partial charge >= 0.3 is 7.25 Å². The number of halogens is 5. The number of pyridine rings is 1. The van der Waals surface area contributed by atoms with Gasteiger partial charge in [-0.2, -0.15) is 4.57 Å². The minimum Gasteiger partial charge on any atom is -0.418 e. The zero-order chi connectivity index (χ0) is 24.1. The number of rotatable bonds is 3.